The molecule has 1 fully saturated rings. The van der Waals surface area contributed by atoms with Gasteiger partial charge in [0.2, 0.25) is 15.9 Å². The fraction of sp³-hybridized carbons (Fsp3) is 0.348. The van der Waals surface area contributed by atoms with Crippen LogP contribution in [0.4, 0.5) is 0 Å². The zero-order chi connectivity index (χ0) is 22.0. The molecule has 0 spiro atoms. The molecule has 0 bridgehead atoms. The van der Waals surface area contributed by atoms with Gasteiger partial charge in [0.05, 0.1) is 17.7 Å². The van der Waals surface area contributed by atoms with Crippen LogP contribution < -0.4 is 4.74 Å². The van der Waals surface area contributed by atoms with Gasteiger partial charge < -0.3 is 9.15 Å². The van der Waals surface area contributed by atoms with Crippen molar-refractivity contribution in [2.75, 3.05) is 33.3 Å². The van der Waals surface area contributed by atoms with Crippen LogP contribution in [-0.4, -0.2) is 55.9 Å². The zero-order valence-corrected chi connectivity index (χ0v) is 18.9. The predicted octanol–water partition coefficient (Wildman–Crippen LogP) is 3.47. The van der Waals surface area contributed by atoms with E-state index in [0.717, 1.165) is 28.3 Å². The van der Waals surface area contributed by atoms with Crippen molar-refractivity contribution in [1.29, 1.82) is 0 Å². The van der Waals surface area contributed by atoms with Crippen LogP contribution in [0.1, 0.15) is 17.0 Å². The van der Waals surface area contributed by atoms with E-state index in [2.05, 4.69) is 9.88 Å². The molecule has 0 atom stereocenters. The highest BCUT2D eigenvalue weighted by Crippen LogP contribution is 2.25. The molecular weight excluding hydrogens is 414 g/mol. The molecule has 0 unspecified atom stereocenters. The van der Waals surface area contributed by atoms with Crippen molar-refractivity contribution in [3.8, 4) is 17.2 Å². The van der Waals surface area contributed by atoms with E-state index in [0.29, 0.717) is 43.5 Å². The van der Waals surface area contributed by atoms with Crippen molar-refractivity contribution < 1.29 is 17.6 Å². The minimum Gasteiger partial charge on any atom is -0.497 e. The van der Waals surface area contributed by atoms with Gasteiger partial charge in [-0.05, 0) is 50.2 Å². The molecule has 8 heteroatoms. The third-order valence-corrected chi connectivity index (χ3v) is 7.51. The molecule has 1 saturated heterocycles. The maximum atomic E-state index is 12.9. The first kappa shape index (κ1) is 21.5. The van der Waals surface area contributed by atoms with Crippen LogP contribution in [0.2, 0.25) is 0 Å². The summed E-state index contributed by atoms with van der Waals surface area (Å²) in [6.45, 7) is 6.69. The van der Waals surface area contributed by atoms with Gasteiger partial charge in [0.1, 0.15) is 11.5 Å². The number of aryl methyl sites for hydroxylation is 2. The van der Waals surface area contributed by atoms with Crippen LogP contribution >= 0.6 is 0 Å². The Labute approximate surface area is 183 Å². The first-order chi connectivity index (χ1) is 14.9. The van der Waals surface area contributed by atoms with Crippen LogP contribution in [0.15, 0.2) is 57.8 Å². The summed E-state index contributed by atoms with van der Waals surface area (Å²) in [5, 5.41) is 0. The van der Waals surface area contributed by atoms with Gasteiger partial charge in [-0.2, -0.15) is 4.31 Å². The fourth-order valence-electron chi connectivity index (χ4n) is 3.63. The van der Waals surface area contributed by atoms with E-state index in [4.69, 9.17) is 9.15 Å². The first-order valence-corrected chi connectivity index (χ1v) is 11.7. The second kappa shape index (κ2) is 8.82. The van der Waals surface area contributed by atoms with E-state index < -0.39 is 10.0 Å². The number of rotatable bonds is 6. The average molecular weight is 442 g/mol. The molecule has 164 valence electrons. The fourth-order valence-corrected chi connectivity index (χ4v) is 5.05. The molecule has 1 aromatic heterocycles. The number of aromatic nitrogens is 1. The van der Waals surface area contributed by atoms with Crippen molar-refractivity contribution in [2.24, 2.45) is 0 Å². The summed E-state index contributed by atoms with van der Waals surface area (Å²) in [4.78, 5) is 7.23. The summed E-state index contributed by atoms with van der Waals surface area (Å²) in [5.41, 5.74) is 2.81. The number of hydrogen-bond donors (Lipinski definition) is 0. The van der Waals surface area contributed by atoms with Gasteiger partial charge in [-0.1, -0.05) is 17.7 Å². The Morgan fingerprint density at radius 3 is 2.23 bits per heavy atom. The zero-order valence-electron chi connectivity index (χ0n) is 18.0. The smallest absolute Gasteiger partial charge is 0.243 e. The van der Waals surface area contributed by atoms with Gasteiger partial charge >= 0.3 is 0 Å². The van der Waals surface area contributed by atoms with Gasteiger partial charge in [0.25, 0.3) is 0 Å². The molecule has 2 aromatic carbocycles. The largest absolute Gasteiger partial charge is 0.497 e. The number of oxazole rings is 1. The predicted molar refractivity (Wildman–Crippen MR) is 118 cm³/mol. The molecule has 1 aliphatic heterocycles. The van der Waals surface area contributed by atoms with Crippen LogP contribution in [0.25, 0.3) is 11.5 Å². The number of methoxy groups -OCH3 is 1. The maximum Gasteiger partial charge on any atom is 0.243 e. The lowest BCUT2D eigenvalue weighted by Crippen LogP contribution is -2.48. The SMILES string of the molecule is COc1ccc(-c2nc(CN3CCN(S(=O)(=O)c4ccc(C)cc4)CC3)c(C)o2)cc1. The van der Waals surface area contributed by atoms with Gasteiger partial charge in [-0.25, -0.2) is 13.4 Å². The molecule has 0 amide bonds. The van der Waals surface area contributed by atoms with Crippen LogP contribution in [0, 0.1) is 13.8 Å². The molecule has 4 rings (SSSR count). The minimum atomic E-state index is -3.46. The molecular formula is C23H27N3O4S. The topological polar surface area (TPSA) is 75.9 Å². The van der Waals surface area contributed by atoms with Crippen molar-refractivity contribution in [2.45, 2.75) is 25.3 Å². The average Bonchev–Trinajstić information content (AvgIpc) is 3.14. The van der Waals surface area contributed by atoms with Gasteiger partial charge in [0, 0.05) is 38.3 Å². The Bertz CT molecular complexity index is 1130. The Balaban J connectivity index is 1.40. The second-order valence-corrected chi connectivity index (χ2v) is 9.68. The third kappa shape index (κ3) is 4.66. The molecule has 0 aliphatic carbocycles. The van der Waals surface area contributed by atoms with E-state index in [-0.39, 0.29) is 0 Å². The van der Waals surface area contributed by atoms with Gasteiger partial charge in [0.15, 0.2) is 0 Å². The highest BCUT2D eigenvalue weighted by molar-refractivity contribution is 7.89. The molecule has 1 aliphatic rings. The number of benzene rings is 2. The summed E-state index contributed by atoms with van der Waals surface area (Å²) in [5.74, 6) is 2.14. The van der Waals surface area contributed by atoms with E-state index in [9.17, 15) is 8.42 Å². The monoisotopic (exact) mass is 441 g/mol. The lowest BCUT2D eigenvalue weighted by molar-refractivity contribution is 0.179. The summed E-state index contributed by atoms with van der Waals surface area (Å²) in [6, 6.07) is 14.6. The van der Waals surface area contributed by atoms with Crippen molar-refractivity contribution in [1.82, 2.24) is 14.2 Å². The molecule has 7 nitrogen and oxygen atoms in total. The van der Waals surface area contributed by atoms with E-state index in [1.54, 1.807) is 23.5 Å². The van der Waals surface area contributed by atoms with Gasteiger partial charge in [-0.15, -0.1) is 0 Å². The molecule has 2 heterocycles. The van der Waals surface area contributed by atoms with Crippen molar-refractivity contribution in [3.05, 3.63) is 65.5 Å². The summed E-state index contributed by atoms with van der Waals surface area (Å²) in [7, 11) is -1.83. The summed E-state index contributed by atoms with van der Waals surface area (Å²) in [6.07, 6.45) is 0. The second-order valence-electron chi connectivity index (χ2n) is 7.74. The van der Waals surface area contributed by atoms with Gasteiger partial charge in [-0.3, -0.25) is 4.90 Å². The van der Waals surface area contributed by atoms with Crippen LogP contribution in [0.5, 0.6) is 5.75 Å². The maximum absolute atomic E-state index is 12.9. The molecule has 0 saturated carbocycles. The molecule has 3 aromatic rings. The van der Waals surface area contributed by atoms with Crippen molar-refractivity contribution in [3.63, 3.8) is 0 Å². The first-order valence-electron chi connectivity index (χ1n) is 10.3. The number of nitrogens with zero attached hydrogens (tertiary/aromatic N) is 3. The molecule has 0 N–H and O–H groups in total. The van der Waals surface area contributed by atoms with E-state index in [1.165, 1.54) is 0 Å². The van der Waals surface area contributed by atoms with E-state index in [1.807, 2.05) is 50.2 Å². The summed E-state index contributed by atoms with van der Waals surface area (Å²) >= 11 is 0. The minimum absolute atomic E-state index is 0.350. The molecule has 31 heavy (non-hydrogen) atoms. The Morgan fingerprint density at radius 2 is 1.61 bits per heavy atom. The van der Waals surface area contributed by atoms with Crippen LogP contribution in [-0.2, 0) is 16.6 Å². The lowest BCUT2D eigenvalue weighted by atomic mass is 10.2. The number of ether oxygens (including phenoxy) is 1. The quantitative estimate of drug-likeness (QED) is 0.583. The normalized spacial score (nSPS) is 15.8. The highest BCUT2D eigenvalue weighted by Gasteiger charge is 2.29. The highest BCUT2D eigenvalue weighted by atomic mass is 32.2. The van der Waals surface area contributed by atoms with Crippen LogP contribution in [0.3, 0.4) is 0 Å². The lowest BCUT2D eigenvalue weighted by Gasteiger charge is -2.33. The third-order valence-electron chi connectivity index (χ3n) is 5.59. The summed E-state index contributed by atoms with van der Waals surface area (Å²) < 4.78 is 38.4. The Morgan fingerprint density at radius 1 is 0.968 bits per heavy atom. The number of hydrogen-bond acceptors (Lipinski definition) is 6. The Hall–Kier alpha value is -2.68. The number of piperazine rings is 1. The standard InChI is InChI=1S/C23H27N3O4S/c1-17-4-10-21(11-5-17)31(27,28)26-14-12-25(13-15-26)16-22-18(2)30-23(24-22)19-6-8-20(29-3)9-7-19/h4-11H,12-16H2,1-3H3. The Kier molecular flexibility index (Phi) is 6.13. The molecule has 0 radical (unpaired) electrons. The van der Waals surface area contributed by atoms with Crippen molar-refractivity contribution >= 4 is 10.0 Å². The van der Waals surface area contributed by atoms with E-state index >= 15 is 0 Å². The number of sulfonamides is 1.